The van der Waals surface area contributed by atoms with Crippen molar-refractivity contribution in [3.05, 3.63) is 33.8 Å². The molecule has 3 heteroatoms. The van der Waals surface area contributed by atoms with E-state index in [0.717, 1.165) is 22.5 Å². The van der Waals surface area contributed by atoms with Gasteiger partial charge in [-0.2, -0.15) is 0 Å². The Hall–Kier alpha value is -0.240. The highest BCUT2D eigenvalue weighted by Gasteiger charge is 2.21. The van der Waals surface area contributed by atoms with Crippen LogP contribution < -0.4 is 5.32 Å². The Morgan fingerprint density at radius 2 is 1.74 bits per heavy atom. The first-order chi connectivity index (χ1) is 9.19. The first kappa shape index (κ1) is 15.2. The number of rotatable bonds is 5. The van der Waals surface area contributed by atoms with Crippen molar-refractivity contribution in [3.63, 3.8) is 0 Å². The van der Waals surface area contributed by atoms with Gasteiger partial charge >= 0.3 is 0 Å². The third-order valence-corrected chi connectivity index (χ3v) is 4.59. The van der Waals surface area contributed by atoms with Gasteiger partial charge in [0.2, 0.25) is 0 Å². The summed E-state index contributed by atoms with van der Waals surface area (Å²) in [4.78, 5) is 0. The van der Waals surface area contributed by atoms with E-state index in [1.54, 1.807) is 6.07 Å². The molecule has 0 aliphatic heterocycles. The Morgan fingerprint density at radius 3 is 2.32 bits per heavy atom. The summed E-state index contributed by atoms with van der Waals surface area (Å²) in [6, 6.07) is 6.39. The number of nitrogens with one attached hydrogen (secondary N) is 1. The topological polar surface area (TPSA) is 12.0 Å². The summed E-state index contributed by atoms with van der Waals surface area (Å²) in [5, 5.41) is 5.13. The summed E-state index contributed by atoms with van der Waals surface area (Å²) in [5.74, 6) is 0.841. The van der Waals surface area contributed by atoms with Crippen LogP contribution in [0.3, 0.4) is 0 Å². The van der Waals surface area contributed by atoms with Gasteiger partial charge in [0.05, 0.1) is 0 Å². The Balaban J connectivity index is 1.91. The smallest absolute Gasteiger partial charge is 0.0424 e. The van der Waals surface area contributed by atoms with Crippen molar-refractivity contribution in [3.8, 4) is 0 Å². The summed E-state index contributed by atoms with van der Waals surface area (Å²) >= 11 is 12.1. The van der Waals surface area contributed by atoms with E-state index in [1.807, 2.05) is 12.1 Å². The summed E-state index contributed by atoms with van der Waals surface area (Å²) in [6.45, 7) is 3.13. The van der Waals surface area contributed by atoms with Gasteiger partial charge in [0.1, 0.15) is 0 Å². The predicted octanol–water partition coefficient (Wildman–Crippen LogP) is 5.44. The van der Waals surface area contributed by atoms with Crippen molar-refractivity contribution in [1.82, 2.24) is 5.32 Å². The highest BCUT2D eigenvalue weighted by atomic mass is 35.5. The fraction of sp³-hybridized carbons (Fsp3) is 0.625. The molecule has 1 aromatic carbocycles. The number of hydrogen-bond acceptors (Lipinski definition) is 1. The average molecular weight is 300 g/mol. The first-order valence-corrected chi connectivity index (χ1v) is 8.13. The van der Waals surface area contributed by atoms with Gasteiger partial charge < -0.3 is 5.32 Å². The third-order valence-electron chi connectivity index (χ3n) is 4.15. The maximum absolute atomic E-state index is 6.04. The van der Waals surface area contributed by atoms with Crippen LogP contribution in [0.5, 0.6) is 0 Å². The fourth-order valence-corrected chi connectivity index (χ4v) is 3.71. The van der Waals surface area contributed by atoms with Crippen LogP contribution in [0, 0.1) is 5.92 Å². The van der Waals surface area contributed by atoms with Crippen molar-refractivity contribution < 1.29 is 0 Å². The highest BCUT2D eigenvalue weighted by molar-refractivity contribution is 6.34. The van der Waals surface area contributed by atoms with Crippen LogP contribution in [-0.2, 0) is 6.54 Å². The van der Waals surface area contributed by atoms with Crippen LogP contribution in [0.1, 0.15) is 51.0 Å². The van der Waals surface area contributed by atoms with Crippen LogP contribution in [0.25, 0.3) is 0 Å². The molecule has 0 heterocycles. The second-order valence-electron chi connectivity index (χ2n) is 5.57. The number of hydrogen-bond donors (Lipinski definition) is 1. The molecule has 1 saturated carbocycles. The summed E-state index contributed by atoms with van der Waals surface area (Å²) in [5.41, 5.74) is 1.17. The quantitative estimate of drug-likeness (QED) is 0.763. The van der Waals surface area contributed by atoms with Crippen molar-refractivity contribution in [2.24, 2.45) is 5.92 Å². The summed E-state index contributed by atoms with van der Waals surface area (Å²) in [7, 11) is 0. The van der Waals surface area contributed by atoms with Gasteiger partial charge in [0, 0.05) is 22.6 Å². The highest BCUT2D eigenvalue weighted by Crippen LogP contribution is 2.28. The minimum absolute atomic E-state index is 0.623. The van der Waals surface area contributed by atoms with E-state index in [1.165, 1.54) is 44.1 Å². The Labute approximate surface area is 126 Å². The van der Waals surface area contributed by atoms with E-state index < -0.39 is 0 Å². The second-order valence-corrected chi connectivity index (χ2v) is 6.44. The minimum atomic E-state index is 0.623. The molecule has 1 aliphatic rings. The van der Waals surface area contributed by atoms with Gasteiger partial charge in [-0.3, -0.25) is 0 Å². The molecule has 2 rings (SSSR count). The van der Waals surface area contributed by atoms with Crippen LogP contribution in [0.2, 0.25) is 10.0 Å². The third kappa shape index (κ3) is 4.66. The lowest BCUT2D eigenvalue weighted by Gasteiger charge is -2.30. The zero-order chi connectivity index (χ0) is 13.7. The Bertz CT molecular complexity index is 379. The first-order valence-electron chi connectivity index (χ1n) is 7.37. The van der Waals surface area contributed by atoms with Crippen molar-refractivity contribution >= 4 is 23.2 Å². The second kappa shape index (κ2) is 7.52. The van der Waals surface area contributed by atoms with Gasteiger partial charge in [0.25, 0.3) is 0 Å². The number of halogens is 2. The molecule has 0 bridgehead atoms. The molecule has 1 fully saturated rings. The molecule has 106 valence electrons. The molecule has 1 aromatic rings. The summed E-state index contributed by atoms with van der Waals surface area (Å²) < 4.78 is 0. The van der Waals surface area contributed by atoms with Gasteiger partial charge in [-0.1, -0.05) is 49.4 Å². The zero-order valence-electron chi connectivity index (χ0n) is 11.6. The van der Waals surface area contributed by atoms with Crippen molar-refractivity contribution in [2.45, 2.75) is 58.0 Å². The van der Waals surface area contributed by atoms with E-state index >= 15 is 0 Å². The van der Waals surface area contributed by atoms with Crippen molar-refractivity contribution in [1.29, 1.82) is 0 Å². The largest absolute Gasteiger partial charge is 0.310 e. The lowest BCUT2D eigenvalue weighted by Crippen LogP contribution is -2.36. The van der Waals surface area contributed by atoms with Gasteiger partial charge in [0.15, 0.2) is 0 Å². The Morgan fingerprint density at radius 1 is 1.11 bits per heavy atom. The van der Waals surface area contributed by atoms with Gasteiger partial charge in [-0.15, -0.1) is 0 Å². The van der Waals surface area contributed by atoms with Crippen LogP contribution >= 0.6 is 23.2 Å². The minimum Gasteiger partial charge on any atom is -0.310 e. The van der Waals surface area contributed by atoms with E-state index in [4.69, 9.17) is 23.2 Å². The lowest BCUT2D eigenvalue weighted by molar-refractivity contribution is 0.262. The molecule has 0 amide bonds. The van der Waals surface area contributed by atoms with Gasteiger partial charge in [-0.05, 0) is 48.9 Å². The summed E-state index contributed by atoms with van der Waals surface area (Å²) in [6.07, 6.45) is 8.15. The molecule has 0 spiro atoms. The van der Waals surface area contributed by atoms with Crippen LogP contribution in [-0.4, -0.2) is 6.04 Å². The SMILES string of the molecule is CCC(NCc1cc(Cl)cc(Cl)c1)C1CCCCC1. The molecule has 0 aromatic heterocycles. The predicted molar refractivity (Wildman–Crippen MR) is 84.0 cm³/mol. The molecule has 0 radical (unpaired) electrons. The molecule has 1 nitrogen and oxygen atoms in total. The molecular weight excluding hydrogens is 277 g/mol. The molecule has 1 aliphatic carbocycles. The van der Waals surface area contributed by atoms with E-state index in [2.05, 4.69) is 12.2 Å². The average Bonchev–Trinajstić information content (AvgIpc) is 2.39. The van der Waals surface area contributed by atoms with Crippen molar-refractivity contribution in [2.75, 3.05) is 0 Å². The molecule has 0 saturated heterocycles. The standard InChI is InChI=1S/C16H23Cl2N/c1-2-16(13-6-4-3-5-7-13)19-11-12-8-14(17)10-15(18)9-12/h8-10,13,16,19H,2-7,11H2,1H3. The monoisotopic (exact) mass is 299 g/mol. The lowest BCUT2D eigenvalue weighted by atomic mass is 9.83. The van der Waals surface area contributed by atoms with Gasteiger partial charge in [-0.25, -0.2) is 0 Å². The van der Waals surface area contributed by atoms with E-state index in [-0.39, 0.29) is 0 Å². The normalized spacial score (nSPS) is 18.5. The molecule has 1 atom stereocenters. The molecule has 19 heavy (non-hydrogen) atoms. The zero-order valence-corrected chi connectivity index (χ0v) is 13.1. The maximum atomic E-state index is 6.04. The number of benzene rings is 1. The Kier molecular flexibility index (Phi) is 6.00. The van der Waals surface area contributed by atoms with E-state index in [0.29, 0.717) is 6.04 Å². The van der Waals surface area contributed by atoms with Crippen LogP contribution in [0.15, 0.2) is 18.2 Å². The maximum Gasteiger partial charge on any atom is 0.0424 e. The van der Waals surface area contributed by atoms with E-state index in [9.17, 15) is 0 Å². The fourth-order valence-electron chi connectivity index (χ4n) is 3.14. The molecule has 1 unspecified atom stereocenters. The molecule has 1 N–H and O–H groups in total. The van der Waals surface area contributed by atoms with Crippen LogP contribution in [0.4, 0.5) is 0 Å². The molecular formula is C16H23Cl2N.